The third kappa shape index (κ3) is 2.87. The van der Waals surface area contributed by atoms with Gasteiger partial charge in [0.1, 0.15) is 11.2 Å². The lowest BCUT2D eigenvalue weighted by Gasteiger charge is -2.12. The summed E-state index contributed by atoms with van der Waals surface area (Å²) in [5, 5.41) is 7.32. The number of nitrogens with zero attached hydrogens (tertiary/aromatic N) is 2. The number of benzene rings is 6. The fraction of sp³-hybridized carbons (Fsp3) is 0. The van der Waals surface area contributed by atoms with Crippen LogP contribution < -0.4 is 0 Å². The molecule has 3 aromatic heterocycles. The van der Waals surface area contributed by atoms with E-state index in [2.05, 4.69) is 114 Å². The van der Waals surface area contributed by atoms with Crippen molar-refractivity contribution >= 4 is 54.5 Å². The summed E-state index contributed by atoms with van der Waals surface area (Å²) < 4.78 is 8.51. The van der Waals surface area contributed by atoms with Crippen LogP contribution in [-0.4, -0.2) is 9.55 Å². The second-order valence-corrected chi connectivity index (χ2v) is 11.2. The van der Waals surface area contributed by atoms with Gasteiger partial charge in [0.15, 0.2) is 0 Å². The van der Waals surface area contributed by atoms with Gasteiger partial charge < -0.3 is 8.98 Å². The fourth-order valence-corrected chi connectivity index (χ4v) is 7.12. The minimum absolute atomic E-state index is 0.919. The van der Waals surface area contributed by atoms with Crippen molar-refractivity contribution < 1.29 is 4.42 Å². The van der Waals surface area contributed by atoms with Gasteiger partial charge in [-0.3, -0.25) is 4.98 Å². The predicted molar refractivity (Wildman–Crippen MR) is 173 cm³/mol. The van der Waals surface area contributed by atoms with Crippen LogP contribution in [0, 0.1) is 0 Å². The molecule has 9 aromatic rings. The lowest BCUT2D eigenvalue weighted by Crippen LogP contribution is -1.94. The molecule has 10 rings (SSSR count). The lowest BCUT2D eigenvalue weighted by molar-refractivity contribution is 0.669. The molecule has 194 valence electrons. The van der Waals surface area contributed by atoms with Crippen LogP contribution in [-0.2, 0) is 0 Å². The number of hydrogen-bond acceptors (Lipinski definition) is 2. The summed E-state index contributed by atoms with van der Waals surface area (Å²) in [6, 6.07) is 45.8. The van der Waals surface area contributed by atoms with E-state index in [9.17, 15) is 0 Å². The zero-order valence-electron chi connectivity index (χ0n) is 22.5. The van der Waals surface area contributed by atoms with Gasteiger partial charge in [-0.1, -0.05) is 72.8 Å². The Morgan fingerprint density at radius 3 is 2.21 bits per heavy atom. The standard InChI is InChI=1S/C39H22N2O/c1-3-12-34-27(8-1)31-20-23(24-15-17-37-32(21-24)28-9-2-4-13-36(28)42-37)14-16-35(31)41(34)26-19-25-7-5-10-30-38(25)33(22-26)29-11-6-18-40-39(29)30/h1-22H. The summed E-state index contributed by atoms with van der Waals surface area (Å²) in [7, 11) is 0. The van der Waals surface area contributed by atoms with Crippen LogP contribution in [0.2, 0.25) is 0 Å². The van der Waals surface area contributed by atoms with Crippen molar-refractivity contribution in [3.63, 3.8) is 0 Å². The number of hydrogen-bond donors (Lipinski definition) is 0. The van der Waals surface area contributed by atoms with E-state index in [0.717, 1.165) is 33.3 Å². The maximum Gasteiger partial charge on any atom is 0.135 e. The van der Waals surface area contributed by atoms with Gasteiger partial charge >= 0.3 is 0 Å². The molecule has 3 heterocycles. The average molecular weight is 535 g/mol. The van der Waals surface area contributed by atoms with E-state index in [1.165, 1.54) is 60.4 Å². The maximum absolute atomic E-state index is 6.09. The molecule has 0 unspecified atom stereocenters. The van der Waals surface area contributed by atoms with Gasteiger partial charge in [0.05, 0.1) is 16.7 Å². The first-order valence-corrected chi connectivity index (χ1v) is 14.3. The monoisotopic (exact) mass is 534 g/mol. The molecule has 0 aliphatic heterocycles. The number of furan rings is 1. The lowest BCUT2D eigenvalue weighted by atomic mass is 10.0. The molecular weight excluding hydrogens is 512 g/mol. The number of pyridine rings is 1. The van der Waals surface area contributed by atoms with Gasteiger partial charge in [0.2, 0.25) is 0 Å². The van der Waals surface area contributed by atoms with E-state index in [4.69, 9.17) is 9.40 Å². The molecule has 0 atom stereocenters. The Morgan fingerprint density at radius 1 is 0.500 bits per heavy atom. The Bertz CT molecular complexity index is 2580. The number of rotatable bonds is 2. The number of aromatic nitrogens is 2. The Labute approximate surface area is 240 Å². The predicted octanol–water partition coefficient (Wildman–Crippen LogP) is 10.5. The molecule has 0 radical (unpaired) electrons. The highest BCUT2D eigenvalue weighted by atomic mass is 16.3. The minimum Gasteiger partial charge on any atom is -0.456 e. The summed E-state index contributed by atoms with van der Waals surface area (Å²) in [6.07, 6.45) is 1.89. The molecule has 3 nitrogen and oxygen atoms in total. The second-order valence-electron chi connectivity index (χ2n) is 11.2. The summed E-state index contributed by atoms with van der Waals surface area (Å²) >= 11 is 0. The normalized spacial score (nSPS) is 12.3. The van der Waals surface area contributed by atoms with Crippen molar-refractivity contribution in [2.45, 2.75) is 0 Å². The van der Waals surface area contributed by atoms with E-state index in [1.54, 1.807) is 0 Å². The van der Waals surface area contributed by atoms with Crippen LogP contribution >= 0.6 is 0 Å². The molecule has 0 saturated heterocycles. The minimum atomic E-state index is 0.919. The van der Waals surface area contributed by atoms with E-state index in [-0.39, 0.29) is 0 Å². The Morgan fingerprint density at radius 2 is 1.26 bits per heavy atom. The van der Waals surface area contributed by atoms with Crippen molar-refractivity contribution in [3.05, 3.63) is 134 Å². The maximum atomic E-state index is 6.09. The largest absolute Gasteiger partial charge is 0.456 e. The van der Waals surface area contributed by atoms with Crippen LogP contribution in [0.5, 0.6) is 0 Å². The fourth-order valence-electron chi connectivity index (χ4n) is 7.12. The smallest absolute Gasteiger partial charge is 0.135 e. The van der Waals surface area contributed by atoms with Crippen molar-refractivity contribution in [1.82, 2.24) is 9.55 Å². The molecule has 0 saturated carbocycles. The Balaban J connectivity index is 1.22. The highest BCUT2D eigenvalue weighted by Crippen LogP contribution is 2.47. The van der Waals surface area contributed by atoms with Gasteiger partial charge in [-0.05, 0) is 82.1 Å². The van der Waals surface area contributed by atoms with E-state index >= 15 is 0 Å². The van der Waals surface area contributed by atoms with Crippen molar-refractivity contribution in [3.8, 4) is 39.2 Å². The molecule has 3 heteroatoms. The molecule has 0 bridgehead atoms. The van der Waals surface area contributed by atoms with E-state index < -0.39 is 0 Å². The SMILES string of the molecule is c1cnc2c(c1)-c1cc(-n3c4ccccc4c4cc(-c5ccc6oc7ccccc7c6c5)ccc43)cc3cccc-2c13. The molecule has 42 heavy (non-hydrogen) atoms. The van der Waals surface area contributed by atoms with E-state index in [1.807, 2.05) is 24.4 Å². The molecular formula is C39H22N2O. The van der Waals surface area contributed by atoms with Gasteiger partial charge in [0, 0.05) is 44.6 Å². The Hall–Kier alpha value is -5.67. The summed E-state index contributed by atoms with van der Waals surface area (Å²) in [5.74, 6) is 0. The second kappa shape index (κ2) is 7.96. The zero-order chi connectivity index (χ0) is 27.4. The summed E-state index contributed by atoms with van der Waals surface area (Å²) in [6.45, 7) is 0. The van der Waals surface area contributed by atoms with Crippen LogP contribution in [0.4, 0.5) is 0 Å². The molecule has 0 N–H and O–H groups in total. The van der Waals surface area contributed by atoms with Crippen LogP contribution in [0.15, 0.2) is 138 Å². The molecule has 0 fully saturated rings. The molecule has 0 spiro atoms. The van der Waals surface area contributed by atoms with E-state index in [0.29, 0.717) is 0 Å². The first-order chi connectivity index (χ1) is 20.8. The van der Waals surface area contributed by atoms with Crippen molar-refractivity contribution in [1.29, 1.82) is 0 Å². The number of para-hydroxylation sites is 2. The number of fused-ring (bicyclic) bond motifs is 9. The summed E-state index contributed by atoms with van der Waals surface area (Å²) in [5.41, 5.74) is 12.5. The molecule has 0 amide bonds. The zero-order valence-corrected chi connectivity index (χ0v) is 22.5. The van der Waals surface area contributed by atoms with Crippen molar-refractivity contribution in [2.75, 3.05) is 0 Å². The molecule has 1 aliphatic rings. The molecule has 6 aromatic carbocycles. The molecule has 1 aliphatic carbocycles. The first kappa shape index (κ1) is 22.1. The third-order valence-corrected chi connectivity index (χ3v) is 8.96. The van der Waals surface area contributed by atoms with Crippen LogP contribution in [0.1, 0.15) is 0 Å². The van der Waals surface area contributed by atoms with Crippen LogP contribution in [0.3, 0.4) is 0 Å². The van der Waals surface area contributed by atoms with Gasteiger partial charge in [0.25, 0.3) is 0 Å². The quantitative estimate of drug-likeness (QED) is 0.221. The Kier molecular flexibility index (Phi) is 4.18. The highest BCUT2D eigenvalue weighted by molar-refractivity contribution is 6.16. The average Bonchev–Trinajstić information content (AvgIpc) is 3.69. The van der Waals surface area contributed by atoms with Crippen LogP contribution in [0.25, 0.3) is 93.7 Å². The van der Waals surface area contributed by atoms with Gasteiger partial charge in [-0.25, -0.2) is 0 Å². The first-order valence-electron chi connectivity index (χ1n) is 14.3. The van der Waals surface area contributed by atoms with Crippen molar-refractivity contribution in [2.24, 2.45) is 0 Å². The highest BCUT2D eigenvalue weighted by Gasteiger charge is 2.24. The van der Waals surface area contributed by atoms with Gasteiger partial charge in [-0.2, -0.15) is 0 Å². The topological polar surface area (TPSA) is 31.0 Å². The summed E-state index contributed by atoms with van der Waals surface area (Å²) in [4.78, 5) is 4.75. The third-order valence-electron chi connectivity index (χ3n) is 8.96. The van der Waals surface area contributed by atoms with Gasteiger partial charge in [-0.15, -0.1) is 0 Å².